The molecule has 0 unspecified atom stereocenters. The van der Waals surface area contributed by atoms with Gasteiger partial charge in [0.2, 0.25) is 0 Å². The topological polar surface area (TPSA) is 107 Å². The van der Waals surface area contributed by atoms with Crippen LogP contribution < -0.4 is 0 Å². The predicted octanol–water partition coefficient (Wildman–Crippen LogP) is 4.07. The van der Waals surface area contributed by atoms with E-state index in [0.29, 0.717) is 31.2 Å². The first-order chi connectivity index (χ1) is 13.7. The molecule has 0 aliphatic carbocycles. The molecule has 160 valence electrons. The van der Waals surface area contributed by atoms with Gasteiger partial charge in [0, 0.05) is 5.56 Å². The van der Waals surface area contributed by atoms with Gasteiger partial charge in [0.25, 0.3) is 10.1 Å². The molecule has 2 aromatic rings. The van der Waals surface area contributed by atoms with Crippen LogP contribution in [0.25, 0.3) is 11.1 Å². The van der Waals surface area contributed by atoms with Crippen LogP contribution in [-0.2, 0) is 28.6 Å². The van der Waals surface area contributed by atoms with Crippen LogP contribution in [-0.4, -0.2) is 35.2 Å². The van der Waals surface area contributed by atoms with Crippen molar-refractivity contribution in [2.75, 3.05) is 13.2 Å². The summed E-state index contributed by atoms with van der Waals surface area (Å²) in [6, 6.07) is 10.9. The molecule has 0 radical (unpaired) electrons. The highest BCUT2D eigenvalue weighted by atomic mass is 32.2. The van der Waals surface area contributed by atoms with Gasteiger partial charge in [-0.3, -0.25) is 8.37 Å². The second-order valence-corrected chi connectivity index (χ2v) is 9.52. The highest BCUT2D eigenvalue weighted by molar-refractivity contribution is 7.90. The summed E-state index contributed by atoms with van der Waals surface area (Å²) in [7, 11) is -9.04. The van der Waals surface area contributed by atoms with Gasteiger partial charge in [-0.15, -0.1) is 0 Å². The molecule has 29 heavy (non-hydrogen) atoms. The molecule has 0 bridgehead atoms. The molecule has 0 heterocycles. The number of hydrogen-bond donors (Lipinski definition) is 1. The van der Waals surface area contributed by atoms with Crippen molar-refractivity contribution in [3.8, 4) is 16.9 Å². The molecule has 2 aromatic carbocycles. The van der Waals surface area contributed by atoms with Crippen molar-refractivity contribution in [1.82, 2.24) is 0 Å². The van der Waals surface area contributed by atoms with Gasteiger partial charge in [-0.25, -0.2) is 0 Å². The van der Waals surface area contributed by atoms with Gasteiger partial charge in [0.05, 0.1) is 13.2 Å². The summed E-state index contributed by atoms with van der Waals surface area (Å²) in [4.78, 5) is -1.41. The van der Waals surface area contributed by atoms with Crippen molar-refractivity contribution < 1.29 is 30.3 Å². The van der Waals surface area contributed by atoms with E-state index >= 15 is 0 Å². The molecule has 9 heteroatoms. The zero-order valence-corrected chi connectivity index (χ0v) is 18.1. The van der Waals surface area contributed by atoms with Gasteiger partial charge >= 0.3 is 10.1 Å². The van der Waals surface area contributed by atoms with Crippen molar-refractivity contribution in [3.63, 3.8) is 0 Å². The minimum absolute atomic E-state index is 0.0983. The summed E-state index contributed by atoms with van der Waals surface area (Å²) in [5, 5.41) is 10.3. The monoisotopic (exact) mass is 442 g/mol. The second-order valence-electron chi connectivity index (χ2n) is 6.42. The van der Waals surface area contributed by atoms with Gasteiger partial charge in [0.15, 0.2) is 4.90 Å². The maximum absolute atomic E-state index is 13.0. The Morgan fingerprint density at radius 3 is 1.79 bits per heavy atom. The molecule has 0 atom stereocenters. The van der Waals surface area contributed by atoms with E-state index < -0.39 is 35.8 Å². The molecule has 7 nitrogen and oxygen atoms in total. The third-order valence-electron chi connectivity index (χ3n) is 4.15. The first-order valence-electron chi connectivity index (χ1n) is 9.44. The van der Waals surface area contributed by atoms with Crippen LogP contribution in [0.5, 0.6) is 5.75 Å². The third kappa shape index (κ3) is 5.79. The Bertz CT molecular complexity index is 1010. The van der Waals surface area contributed by atoms with E-state index in [-0.39, 0.29) is 18.8 Å². The van der Waals surface area contributed by atoms with Crippen LogP contribution in [0.2, 0.25) is 0 Å². The van der Waals surface area contributed by atoms with Gasteiger partial charge < -0.3 is 5.11 Å². The van der Waals surface area contributed by atoms with Gasteiger partial charge in [-0.1, -0.05) is 57.0 Å². The van der Waals surface area contributed by atoms with E-state index in [1.165, 1.54) is 6.07 Å². The molecule has 0 aliphatic heterocycles. The zero-order chi connectivity index (χ0) is 21.5. The number of phenols is 1. The smallest absolute Gasteiger partial charge is 0.302 e. The fraction of sp³-hybridized carbons (Fsp3) is 0.400. The van der Waals surface area contributed by atoms with E-state index in [0.717, 1.165) is 6.07 Å². The number of unbranched alkanes of at least 4 members (excludes halogenated alkanes) is 2. The molecular weight excluding hydrogens is 416 g/mol. The molecule has 0 fully saturated rings. The molecule has 0 aliphatic rings. The third-order valence-corrected chi connectivity index (χ3v) is 7.07. The number of hydrogen-bond acceptors (Lipinski definition) is 7. The Morgan fingerprint density at radius 2 is 1.28 bits per heavy atom. The molecular formula is C20H26O7S2. The van der Waals surface area contributed by atoms with Crippen LogP contribution in [0.1, 0.15) is 39.5 Å². The van der Waals surface area contributed by atoms with Gasteiger partial charge in [-0.2, -0.15) is 16.8 Å². The van der Waals surface area contributed by atoms with E-state index in [4.69, 9.17) is 8.37 Å². The van der Waals surface area contributed by atoms with Crippen molar-refractivity contribution in [2.24, 2.45) is 0 Å². The predicted molar refractivity (Wildman–Crippen MR) is 110 cm³/mol. The lowest BCUT2D eigenvalue weighted by molar-refractivity contribution is 0.300. The number of rotatable bonds is 11. The molecule has 0 saturated carbocycles. The summed E-state index contributed by atoms with van der Waals surface area (Å²) in [6.45, 7) is 3.51. The minimum Gasteiger partial charge on any atom is -0.506 e. The minimum atomic E-state index is -4.55. The zero-order valence-electron chi connectivity index (χ0n) is 16.5. The van der Waals surface area contributed by atoms with Crippen LogP contribution in [0, 0.1) is 0 Å². The van der Waals surface area contributed by atoms with Crippen molar-refractivity contribution in [2.45, 2.75) is 49.3 Å². The quantitative estimate of drug-likeness (QED) is 0.413. The van der Waals surface area contributed by atoms with Crippen molar-refractivity contribution >= 4 is 20.2 Å². The first-order valence-corrected chi connectivity index (χ1v) is 12.3. The summed E-state index contributed by atoms with van der Waals surface area (Å²) in [6.07, 6.45) is 2.34. The van der Waals surface area contributed by atoms with Gasteiger partial charge in [-0.05, 0) is 30.5 Å². The Hall–Kier alpha value is -1.94. The Balaban J connectivity index is 2.72. The normalized spacial score (nSPS) is 12.2. The van der Waals surface area contributed by atoms with Crippen molar-refractivity contribution in [1.29, 1.82) is 0 Å². The summed E-state index contributed by atoms with van der Waals surface area (Å²) in [5.41, 5.74) is 0.577. The van der Waals surface area contributed by atoms with E-state index in [1.54, 1.807) is 30.3 Å². The van der Waals surface area contributed by atoms with Crippen LogP contribution in [0.4, 0.5) is 0 Å². The SMILES string of the molecule is CCCCOS(=O)(=O)c1c(O)ccc(-c2ccccc2)c1S(=O)(=O)OCCCC. The number of aromatic hydroxyl groups is 1. The summed E-state index contributed by atoms with van der Waals surface area (Å²) in [5.74, 6) is -0.709. The summed E-state index contributed by atoms with van der Waals surface area (Å²) < 4.78 is 61.7. The largest absolute Gasteiger partial charge is 0.506 e. The molecule has 1 N–H and O–H groups in total. The van der Waals surface area contributed by atoms with E-state index in [9.17, 15) is 21.9 Å². The fourth-order valence-corrected chi connectivity index (χ4v) is 5.60. The lowest BCUT2D eigenvalue weighted by Crippen LogP contribution is -2.17. The second kappa shape index (κ2) is 10.2. The highest BCUT2D eigenvalue weighted by Gasteiger charge is 2.34. The first kappa shape index (κ1) is 23.3. The Morgan fingerprint density at radius 1 is 0.759 bits per heavy atom. The number of benzene rings is 2. The van der Waals surface area contributed by atoms with E-state index in [2.05, 4.69) is 0 Å². The fourth-order valence-electron chi connectivity index (χ4n) is 2.63. The van der Waals surface area contributed by atoms with Crippen molar-refractivity contribution in [3.05, 3.63) is 42.5 Å². The van der Waals surface area contributed by atoms with Crippen LogP contribution in [0.15, 0.2) is 52.3 Å². The standard InChI is InChI=1S/C20H26O7S2/c1-3-5-14-26-28(22,23)19-17(16-10-8-7-9-11-16)12-13-18(21)20(19)29(24,25)27-15-6-4-2/h7-13,21H,3-6,14-15H2,1-2H3. The van der Waals surface area contributed by atoms with E-state index in [1.807, 2.05) is 13.8 Å². The Kier molecular flexibility index (Phi) is 8.21. The molecule has 2 rings (SSSR count). The lowest BCUT2D eigenvalue weighted by atomic mass is 10.1. The van der Waals surface area contributed by atoms with Crippen LogP contribution in [0.3, 0.4) is 0 Å². The average Bonchev–Trinajstić information content (AvgIpc) is 2.68. The number of phenolic OH excluding ortho intramolecular Hbond substituents is 1. The highest BCUT2D eigenvalue weighted by Crippen LogP contribution is 2.39. The summed E-state index contributed by atoms with van der Waals surface area (Å²) >= 11 is 0. The maximum atomic E-state index is 13.0. The average molecular weight is 443 g/mol. The van der Waals surface area contributed by atoms with Gasteiger partial charge in [0.1, 0.15) is 10.6 Å². The molecule has 0 amide bonds. The maximum Gasteiger partial charge on any atom is 0.302 e. The van der Waals surface area contributed by atoms with Crippen LogP contribution >= 0.6 is 0 Å². The molecule has 0 aromatic heterocycles. The lowest BCUT2D eigenvalue weighted by Gasteiger charge is -2.17. The molecule has 0 spiro atoms. The molecule has 0 saturated heterocycles. The Labute approximate surface area is 172 Å².